The van der Waals surface area contributed by atoms with Gasteiger partial charge in [-0.25, -0.2) is 0 Å². The molecule has 0 unspecified atom stereocenters. The number of carbonyl (C=O) groups excluding carboxylic acids is 1. The number of ether oxygens (including phenoxy) is 2. The highest BCUT2D eigenvalue weighted by molar-refractivity contribution is 7.99. The van der Waals surface area contributed by atoms with E-state index in [1.807, 2.05) is 19.1 Å². The van der Waals surface area contributed by atoms with E-state index >= 15 is 0 Å². The second kappa shape index (κ2) is 10.7. The number of amides is 1. The van der Waals surface area contributed by atoms with E-state index in [0.29, 0.717) is 33.8 Å². The minimum Gasteiger partial charge on any atom is -0.494 e. The number of nitrogens with zero attached hydrogens (tertiary/aromatic N) is 4. The van der Waals surface area contributed by atoms with Crippen molar-refractivity contribution < 1.29 is 19.2 Å². The van der Waals surface area contributed by atoms with Gasteiger partial charge in [0.1, 0.15) is 23.6 Å². The molecule has 1 amide bonds. The maximum atomic E-state index is 12.7. The smallest absolute Gasteiger partial charge is 0.284 e. The molecule has 35 heavy (non-hydrogen) atoms. The molecule has 1 aromatic heterocycles. The van der Waals surface area contributed by atoms with Crippen molar-refractivity contribution in [3.05, 3.63) is 88.7 Å². The van der Waals surface area contributed by atoms with Crippen LogP contribution in [0, 0.1) is 10.1 Å². The van der Waals surface area contributed by atoms with Crippen molar-refractivity contribution in [1.82, 2.24) is 14.8 Å². The number of hydrogen-bond acceptors (Lipinski definition) is 8. The molecule has 0 aliphatic carbocycles. The lowest BCUT2D eigenvalue weighted by Crippen LogP contribution is -2.12. The molecule has 11 heteroatoms. The standard InChI is InChI=1S/C24H21N5O5S/c1-3-33-18-9-11-20(12-10-18)34-19-7-5-17(6-8-19)26-23(30)16-4-13-22(21(14-16)29(31)32)35-24-27-25-15-28(24)2/h4-15H,3H2,1-2H3,(H,26,30). The Kier molecular flexibility index (Phi) is 7.27. The number of nitro benzene ring substituents is 1. The molecule has 0 spiro atoms. The number of anilines is 1. The Balaban J connectivity index is 1.43. The molecule has 0 atom stereocenters. The quantitative estimate of drug-likeness (QED) is 0.247. The summed E-state index contributed by atoms with van der Waals surface area (Å²) in [6.45, 7) is 2.51. The lowest BCUT2D eigenvalue weighted by molar-refractivity contribution is -0.387. The van der Waals surface area contributed by atoms with Crippen LogP contribution < -0.4 is 14.8 Å². The third-order valence-corrected chi connectivity index (χ3v) is 5.89. The van der Waals surface area contributed by atoms with Crippen LogP contribution in [0.1, 0.15) is 17.3 Å². The second-order valence-corrected chi connectivity index (χ2v) is 8.26. The summed E-state index contributed by atoms with van der Waals surface area (Å²) in [6.07, 6.45) is 1.50. The fourth-order valence-electron chi connectivity index (χ4n) is 3.07. The molecule has 1 N–H and O–H groups in total. The van der Waals surface area contributed by atoms with Crippen LogP contribution >= 0.6 is 11.8 Å². The molecule has 4 aromatic rings. The van der Waals surface area contributed by atoms with Gasteiger partial charge in [0.2, 0.25) is 0 Å². The summed E-state index contributed by atoms with van der Waals surface area (Å²) >= 11 is 1.10. The second-order valence-electron chi connectivity index (χ2n) is 7.25. The molecule has 0 aliphatic rings. The maximum Gasteiger partial charge on any atom is 0.284 e. The number of hydrogen-bond donors (Lipinski definition) is 1. The normalized spacial score (nSPS) is 10.6. The summed E-state index contributed by atoms with van der Waals surface area (Å²) in [5.41, 5.74) is 0.493. The van der Waals surface area contributed by atoms with E-state index in [0.717, 1.165) is 17.5 Å². The fraction of sp³-hybridized carbons (Fsp3) is 0.125. The van der Waals surface area contributed by atoms with Crippen LogP contribution in [0.2, 0.25) is 0 Å². The van der Waals surface area contributed by atoms with Crippen LogP contribution in [0.3, 0.4) is 0 Å². The first-order valence-electron chi connectivity index (χ1n) is 10.6. The third kappa shape index (κ3) is 5.95. The first kappa shape index (κ1) is 23.8. The Hall–Kier alpha value is -4.38. The number of benzene rings is 3. The molecule has 0 saturated heterocycles. The van der Waals surface area contributed by atoms with Crippen LogP contribution in [-0.4, -0.2) is 32.2 Å². The Morgan fingerprint density at radius 3 is 2.31 bits per heavy atom. The van der Waals surface area contributed by atoms with Crippen LogP contribution in [-0.2, 0) is 7.05 Å². The minimum absolute atomic E-state index is 0.161. The molecule has 0 bridgehead atoms. The first-order valence-corrected chi connectivity index (χ1v) is 11.4. The van der Waals surface area contributed by atoms with E-state index in [4.69, 9.17) is 9.47 Å². The van der Waals surface area contributed by atoms with Crippen molar-refractivity contribution in [3.8, 4) is 17.2 Å². The average molecular weight is 492 g/mol. The predicted molar refractivity (Wildman–Crippen MR) is 130 cm³/mol. The van der Waals surface area contributed by atoms with Crippen molar-refractivity contribution >= 4 is 29.0 Å². The summed E-state index contributed by atoms with van der Waals surface area (Å²) in [5.74, 6) is 1.53. The van der Waals surface area contributed by atoms with E-state index < -0.39 is 10.8 Å². The van der Waals surface area contributed by atoms with Gasteiger partial charge in [-0.3, -0.25) is 14.9 Å². The van der Waals surface area contributed by atoms with Crippen LogP contribution in [0.5, 0.6) is 17.2 Å². The summed E-state index contributed by atoms with van der Waals surface area (Å²) in [4.78, 5) is 24.2. The van der Waals surface area contributed by atoms with Gasteiger partial charge in [-0.2, -0.15) is 0 Å². The molecule has 0 radical (unpaired) electrons. The molecular formula is C24H21N5O5S. The monoisotopic (exact) mass is 491 g/mol. The maximum absolute atomic E-state index is 12.7. The van der Waals surface area contributed by atoms with Crippen molar-refractivity contribution in [2.75, 3.05) is 11.9 Å². The molecular weight excluding hydrogens is 470 g/mol. The number of nitro groups is 1. The number of aromatic nitrogens is 3. The Morgan fingerprint density at radius 1 is 1.06 bits per heavy atom. The summed E-state index contributed by atoms with van der Waals surface area (Å²) < 4.78 is 12.9. The number of nitrogens with one attached hydrogen (secondary N) is 1. The first-order chi connectivity index (χ1) is 16.9. The largest absolute Gasteiger partial charge is 0.494 e. The van der Waals surface area contributed by atoms with Gasteiger partial charge < -0.3 is 19.4 Å². The van der Waals surface area contributed by atoms with Crippen molar-refractivity contribution in [3.63, 3.8) is 0 Å². The Labute approximate surface area is 205 Å². The topological polar surface area (TPSA) is 121 Å². The third-order valence-electron chi connectivity index (χ3n) is 4.77. The van der Waals surface area contributed by atoms with E-state index in [9.17, 15) is 14.9 Å². The minimum atomic E-state index is -0.525. The van der Waals surface area contributed by atoms with Gasteiger partial charge in [0.15, 0.2) is 5.16 Å². The molecule has 4 rings (SSSR count). The predicted octanol–water partition coefficient (Wildman–Crippen LogP) is 5.32. The van der Waals surface area contributed by atoms with Gasteiger partial charge >= 0.3 is 0 Å². The summed E-state index contributed by atoms with van der Waals surface area (Å²) in [6, 6.07) is 18.4. The van der Waals surface area contributed by atoms with Crippen LogP contribution in [0.4, 0.5) is 11.4 Å². The zero-order chi connectivity index (χ0) is 24.8. The van der Waals surface area contributed by atoms with Gasteiger partial charge in [-0.1, -0.05) is 0 Å². The fourth-order valence-corrected chi connectivity index (χ4v) is 3.92. The van der Waals surface area contributed by atoms with E-state index in [1.54, 1.807) is 48.0 Å². The molecule has 0 aliphatic heterocycles. The van der Waals surface area contributed by atoms with E-state index in [1.165, 1.54) is 24.5 Å². The zero-order valence-electron chi connectivity index (χ0n) is 18.9. The highest BCUT2D eigenvalue weighted by Gasteiger charge is 2.20. The molecule has 178 valence electrons. The summed E-state index contributed by atoms with van der Waals surface area (Å²) in [7, 11) is 1.74. The molecule has 1 heterocycles. The lowest BCUT2D eigenvalue weighted by atomic mass is 10.2. The Morgan fingerprint density at radius 2 is 1.71 bits per heavy atom. The zero-order valence-corrected chi connectivity index (χ0v) is 19.7. The highest BCUT2D eigenvalue weighted by Crippen LogP contribution is 2.34. The SMILES string of the molecule is CCOc1ccc(Oc2ccc(NC(=O)c3ccc(Sc4nncn4C)c([N+](=O)[O-])c3)cc2)cc1. The molecule has 3 aromatic carbocycles. The average Bonchev–Trinajstić information content (AvgIpc) is 3.26. The van der Waals surface area contributed by atoms with Gasteiger partial charge in [-0.05, 0) is 79.3 Å². The molecule has 10 nitrogen and oxygen atoms in total. The van der Waals surface area contributed by atoms with Crippen molar-refractivity contribution in [2.45, 2.75) is 17.0 Å². The number of carbonyl (C=O) groups is 1. The lowest BCUT2D eigenvalue weighted by Gasteiger charge is -2.09. The summed E-state index contributed by atoms with van der Waals surface area (Å²) in [5, 5.41) is 22.5. The van der Waals surface area contributed by atoms with Gasteiger partial charge in [-0.15, -0.1) is 10.2 Å². The number of rotatable bonds is 9. The Bertz CT molecular complexity index is 1340. The van der Waals surface area contributed by atoms with Gasteiger partial charge in [0, 0.05) is 24.4 Å². The van der Waals surface area contributed by atoms with Crippen LogP contribution in [0.25, 0.3) is 0 Å². The molecule has 0 fully saturated rings. The van der Waals surface area contributed by atoms with E-state index in [-0.39, 0.29) is 11.3 Å². The van der Waals surface area contributed by atoms with Crippen LogP contribution in [0.15, 0.2) is 83.1 Å². The van der Waals surface area contributed by atoms with Gasteiger partial charge in [0.25, 0.3) is 11.6 Å². The molecule has 0 saturated carbocycles. The van der Waals surface area contributed by atoms with Crippen molar-refractivity contribution in [2.24, 2.45) is 7.05 Å². The highest BCUT2D eigenvalue weighted by atomic mass is 32.2. The van der Waals surface area contributed by atoms with E-state index in [2.05, 4.69) is 15.5 Å². The van der Waals surface area contributed by atoms with Gasteiger partial charge in [0.05, 0.1) is 16.4 Å². The number of aryl methyl sites for hydroxylation is 1. The van der Waals surface area contributed by atoms with Crippen molar-refractivity contribution in [1.29, 1.82) is 0 Å².